The summed E-state index contributed by atoms with van der Waals surface area (Å²) in [5, 5.41) is 3.65. The Kier molecular flexibility index (Phi) is 11.1. The molecule has 2 saturated heterocycles. The van der Waals surface area contributed by atoms with Gasteiger partial charge < -0.3 is 14.4 Å². The van der Waals surface area contributed by atoms with Gasteiger partial charge in [0.15, 0.2) is 11.5 Å². The molecule has 2 aromatic carbocycles. The second kappa shape index (κ2) is 14.5. The minimum absolute atomic E-state index is 0.0871. The number of ketones is 2. The lowest BCUT2D eigenvalue weighted by molar-refractivity contribution is -0.143. The van der Waals surface area contributed by atoms with Gasteiger partial charge in [-0.15, -0.1) is 0 Å². The molecule has 0 radical (unpaired) electrons. The predicted molar refractivity (Wildman–Crippen MR) is 144 cm³/mol. The van der Waals surface area contributed by atoms with Crippen molar-refractivity contribution in [1.82, 2.24) is 14.7 Å². The molecule has 41 heavy (non-hydrogen) atoms. The number of carbonyl (C=O) groups is 4. The Morgan fingerprint density at radius 3 is 2.15 bits per heavy atom. The lowest BCUT2D eigenvalue weighted by Gasteiger charge is -2.15. The van der Waals surface area contributed by atoms with Crippen molar-refractivity contribution in [3.63, 3.8) is 0 Å². The molecule has 5 rings (SSSR count). The van der Waals surface area contributed by atoms with E-state index < -0.39 is 23.2 Å². The number of hydrogen-bond donors (Lipinski definition) is 0. The molecule has 2 aliphatic heterocycles. The molecule has 2 atom stereocenters. The lowest BCUT2D eigenvalue weighted by atomic mass is 10.1. The van der Waals surface area contributed by atoms with Crippen LogP contribution in [0.15, 0.2) is 66.9 Å². The van der Waals surface area contributed by atoms with Crippen LogP contribution in [0.25, 0.3) is 5.69 Å². The Hall–Kier alpha value is -4.12. The number of carbonyl (C=O) groups excluding carboxylic acids is 4. The van der Waals surface area contributed by atoms with Crippen LogP contribution < -0.4 is 0 Å². The summed E-state index contributed by atoms with van der Waals surface area (Å²) in [5.41, 5.74) is -0.0927. The van der Waals surface area contributed by atoms with E-state index in [1.165, 1.54) is 12.1 Å². The van der Waals surface area contributed by atoms with Gasteiger partial charge in [-0.3, -0.25) is 14.4 Å². The Morgan fingerprint density at radius 2 is 1.68 bits per heavy atom. The third-order valence-corrected chi connectivity index (χ3v) is 6.58. The van der Waals surface area contributed by atoms with Crippen molar-refractivity contribution in [2.45, 2.75) is 39.4 Å². The van der Waals surface area contributed by atoms with Crippen molar-refractivity contribution in [1.29, 1.82) is 0 Å². The Bertz CT molecular complexity index is 1320. The highest BCUT2D eigenvalue weighted by Crippen LogP contribution is 2.33. The molecule has 8 nitrogen and oxygen atoms in total. The standard InChI is InChI=1S/C13H15NO2.C12H9F3N2O.C5H8O2/c1-10(15)12-7-13(16)14(9-12)8-11-5-3-2-4-6-11;1-8(18)10-7-16-17(11(10)12(13,14)15)9-5-3-2-4-6-9;6-3-5-1-2-7-4-5/h2-6,12H,7-9H2,1H3;2-7H,1H3;3,5H,1-2,4H2. The number of likely N-dealkylation sites (tertiary alicyclic amines) is 1. The van der Waals surface area contributed by atoms with Crippen LogP contribution in [0.3, 0.4) is 0 Å². The average molecular weight is 572 g/mol. The molecule has 2 unspecified atom stereocenters. The molecule has 2 aliphatic rings. The van der Waals surface area contributed by atoms with Crippen molar-refractivity contribution < 1.29 is 37.1 Å². The van der Waals surface area contributed by atoms with E-state index >= 15 is 0 Å². The largest absolute Gasteiger partial charge is 0.434 e. The number of rotatable bonds is 6. The van der Waals surface area contributed by atoms with Gasteiger partial charge in [0.1, 0.15) is 12.1 Å². The number of nitrogens with zero attached hydrogens (tertiary/aromatic N) is 3. The van der Waals surface area contributed by atoms with Crippen LogP contribution in [-0.2, 0) is 31.8 Å². The van der Waals surface area contributed by atoms with Gasteiger partial charge in [0, 0.05) is 38.0 Å². The van der Waals surface area contributed by atoms with E-state index in [4.69, 9.17) is 4.74 Å². The fraction of sp³-hybridized carbons (Fsp3) is 0.367. The number of halogens is 3. The summed E-state index contributed by atoms with van der Waals surface area (Å²) in [6.07, 6.45) is -1.43. The molecule has 0 N–H and O–H groups in total. The van der Waals surface area contributed by atoms with Crippen molar-refractivity contribution >= 4 is 23.8 Å². The first kappa shape index (κ1) is 31.4. The molecule has 218 valence electrons. The van der Waals surface area contributed by atoms with Crippen LogP contribution in [0, 0.1) is 11.8 Å². The van der Waals surface area contributed by atoms with Crippen LogP contribution in [0.2, 0.25) is 0 Å². The van der Waals surface area contributed by atoms with Gasteiger partial charge in [0.25, 0.3) is 0 Å². The van der Waals surface area contributed by atoms with Gasteiger partial charge >= 0.3 is 6.18 Å². The SMILES string of the molecule is CC(=O)C1CC(=O)N(Cc2ccccc2)C1.CC(=O)c1cnn(-c2ccccc2)c1C(F)(F)F.O=CC1CCOC1. The number of aldehydes is 1. The molecule has 1 aromatic heterocycles. The third-order valence-electron chi connectivity index (χ3n) is 6.58. The topological polar surface area (TPSA) is 98.6 Å². The maximum Gasteiger partial charge on any atom is 0.434 e. The molecule has 3 aromatic rings. The van der Waals surface area contributed by atoms with E-state index in [9.17, 15) is 32.3 Å². The first-order valence-corrected chi connectivity index (χ1v) is 13.1. The Balaban J connectivity index is 0.000000184. The highest BCUT2D eigenvalue weighted by atomic mass is 19.4. The van der Waals surface area contributed by atoms with E-state index in [1.54, 1.807) is 30.0 Å². The third kappa shape index (κ3) is 8.94. The van der Waals surface area contributed by atoms with E-state index in [0.29, 0.717) is 26.1 Å². The van der Waals surface area contributed by atoms with Crippen LogP contribution in [0.5, 0.6) is 0 Å². The van der Waals surface area contributed by atoms with Crippen molar-refractivity contribution in [2.75, 3.05) is 19.8 Å². The van der Waals surface area contributed by atoms with E-state index in [-0.39, 0.29) is 29.2 Å². The van der Waals surface area contributed by atoms with Gasteiger partial charge in [-0.2, -0.15) is 18.3 Å². The van der Waals surface area contributed by atoms with Gasteiger partial charge in [-0.05, 0) is 38.0 Å². The van der Waals surface area contributed by atoms with E-state index in [1.807, 2.05) is 30.3 Å². The number of alkyl halides is 3. The van der Waals surface area contributed by atoms with Crippen molar-refractivity contribution in [3.8, 4) is 5.69 Å². The maximum atomic E-state index is 13.0. The zero-order valence-electron chi connectivity index (χ0n) is 22.8. The first-order valence-electron chi connectivity index (χ1n) is 13.1. The monoisotopic (exact) mass is 571 g/mol. The van der Waals surface area contributed by atoms with Crippen LogP contribution in [0.4, 0.5) is 13.2 Å². The van der Waals surface area contributed by atoms with Crippen LogP contribution >= 0.6 is 0 Å². The molecular formula is C30H32F3N3O5. The fourth-order valence-corrected chi connectivity index (χ4v) is 4.30. The fourth-order valence-electron chi connectivity index (χ4n) is 4.30. The Morgan fingerprint density at radius 1 is 1.05 bits per heavy atom. The van der Waals surface area contributed by atoms with Gasteiger partial charge in [-0.25, -0.2) is 4.68 Å². The van der Waals surface area contributed by atoms with Crippen LogP contribution in [0.1, 0.15) is 48.3 Å². The van der Waals surface area contributed by atoms with E-state index in [2.05, 4.69) is 5.10 Å². The molecule has 0 bridgehead atoms. The lowest BCUT2D eigenvalue weighted by Crippen LogP contribution is -2.25. The van der Waals surface area contributed by atoms with E-state index in [0.717, 1.165) is 42.7 Å². The molecule has 0 spiro atoms. The summed E-state index contributed by atoms with van der Waals surface area (Å²) in [5.74, 6) is -0.367. The summed E-state index contributed by atoms with van der Waals surface area (Å²) < 4.78 is 44.6. The number of para-hydroxylation sites is 1. The molecule has 0 aliphatic carbocycles. The second-order valence-corrected chi connectivity index (χ2v) is 9.74. The van der Waals surface area contributed by atoms with Crippen molar-refractivity contribution in [3.05, 3.63) is 83.7 Å². The summed E-state index contributed by atoms with van der Waals surface area (Å²) in [6, 6.07) is 17.7. The van der Waals surface area contributed by atoms with Crippen molar-refractivity contribution in [2.24, 2.45) is 11.8 Å². The summed E-state index contributed by atoms with van der Waals surface area (Å²) in [7, 11) is 0. The van der Waals surface area contributed by atoms with Gasteiger partial charge in [0.05, 0.1) is 24.1 Å². The van der Waals surface area contributed by atoms with Gasteiger partial charge in [-0.1, -0.05) is 48.5 Å². The summed E-state index contributed by atoms with van der Waals surface area (Å²) in [4.78, 5) is 45.8. The minimum atomic E-state index is -4.63. The summed E-state index contributed by atoms with van der Waals surface area (Å²) >= 11 is 0. The second-order valence-electron chi connectivity index (χ2n) is 9.74. The van der Waals surface area contributed by atoms with Crippen LogP contribution in [-0.4, -0.2) is 58.2 Å². The maximum absolute atomic E-state index is 13.0. The van der Waals surface area contributed by atoms with Gasteiger partial charge in [0.2, 0.25) is 5.91 Å². The number of hydrogen-bond acceptors (Lipinski definition) is 6. The zero-order valence-corrected chi connectivity index (χ0v) is 22.8. The Labute approximate surface area is 236 Å². The molecular weight excluding hydrogens is 539 g/mol. The average Bonchev–Trinajstić information content (AvgIpc) is 3.71. The highest BCUT2D eigenvalue weighted by molar-refractivity contribution is 5.95. The minimum Gasteiger partial charge on any atom is -0.381 e. The summed E-state index contributed by atoms with van der Waals surface area (Å²) in [6.45, 7) is 5.24. The highest BCUT2D eigenvalue weighted by Gasteiger charge is 2.39. The smallest absolute Gasteiger partial charge is 0.381 e. The molecule has 1 amide bonds. The molecule has 11 heteroatoms. The molecule has 2 fully saturated rings. The number of aromatic nitrogens is 2. The predicted octanol–water partition coefficient (Wildman–Crippen LogP) is 4.94. The normalized spacial score (nSPS) is 18.2. The molecule has 3 heterocycles. The number of ether oxygens (including phenoxy) is 1. The quantitative estimate of drug-likeness (QED) is 0.307. The molecule has 0 saturated carbocycles. The number of amides is 1. The zero-order chi connectivity index (χ0) is 30.0. The number of Topliss-reactive ketones (excluding diaryl/α,β-unsaturated/α-hetero) is 2. The number of benzene rings is 2. The first-order chi connectivity index (χ1) is 19.5.